The maximum Gasteiger partial charge on any atom is 0.309 e. The minimum atomic E-state index is -0.666. The lowest BCUT2D eigenvalue weighted by atomic mass is 10.1. The largest absolute Gasteiger partial charge is 0.494 e. The third-order valence-electron chi connectivity index (χ3n) is 4.04. The van der Waals surface area contributed by atoms with Gasteiger partial charge in [0.2, 0.25) is 0 Å². The first-order chi connectivity index (χ1) is 13.6. The van der Waals surface area contributed by atoms with Crippen molar-refractivity contribution < 1.29 is 23.8 Å². The molecule has 150 valence electrons. The topological polar surface area (TPSA) is 85.9 Å². The number of carbonyl (C=O) groups is 2. The van der Waals surface area contributed by atoms with Crippen LogP contribution in [0.5, 0.6) is 17.2 Å². The van der Waals surface area contributed by atoms with Crippen LogP contribution in [-0.4, -0.2) is 39.2 Å². The van der Waals surface area contributed by atoms with Gasteiger partial charge in [-0.3, -0.25) is 9.59 Å². The molecular formula is C21H26N2O5. The molecule has 0 atom stereocenters. The molecule has 28 heavy (non-hydrogen) atoms. The van der Waals surface area contributed by atoms with Crippen molar-refractivity contribution in [1.29, 1.82) is 0 Å². The van der Waals surface area contributed by atoms with Crippen molar-refractivity contribution >= 4 is 11.8 Å². The van der Waals surface area contributed by atoms with Crippen molar-refractivity contribution in [2.24, 2.45) is 0 Å². The average Bonchev–Trinajstić information content (AvgIpc) is 2.73. The summed E-state index contributed by atoms with van der Waals surface area (Å²) in [7, 11) is 3.14. The molecule has 0 spiro atoms. The van der Waals surface area contributed by atoms with Gasteiger partial charge in [-0.05, 0) is 48.7 Å². The summed E-state index contributed by atoms with van der Waals surface area (Å²) in [4.78, 5) is 23.9. The zero-order chi connectivity index (χ0) is 20.4. The molecule has 0 aliphatic heterocycles. The molecule has 7 heteroatoms. The fraction of sp³-hybridized carbons (Fsp3) is 0.333. The maximum absolute atomic E-state index is 11.9. The Labute approximate surface area is 165 Å². The highest BCUT2D eigenvalue weighted by Gasteiger charge is 2.12. The van der Waals surface area contributed by atoms with Crippen LogP contribution in [0.15, 0.2) is 42.5 Å². The van der Waals surface area contributed by atoms with Crippen LogP contribution in [0.3, 0.4) is 0 Å². The van der Waals surface area contributed by atoms with Gasteiger partial charge in [0.05, 0.1) is 20.8 Å². The van der Waals surface area contributed by atoms with E-state index in [-0.39, 0.29) is 6.54 Å². The molecule has 2 aromatic rings. The van der Waals surface area contributed by atoms with Crippen molar-refractivity contribution in [2.45, 2.75) is 19.9 Å². The van der Waals surface area contributed by atoms with E-state index in [4.69, 9.17) is 14.2 Å². The van der Waals surface area contributed by atoms with Crippen molar-refractivity contribution in [3.63, 3.8) is 0 Å². The Kier molecular flexibility index (Phi) is 8.14. The quantitative estimate of drug-likeness (QED) is 0.645. The number of nitrogens with one attached hydrogen (secondary N) is 2. The number of hydrogen-bond donors (Lipinski definition) is 2. The summed E-state index contributed by atoms with van der Waals surface area (Å²) < 4.78 is 15.8. The molecule has 0 aliphatic rings. The van der Waals surface area contributed by atoms with Crippen molar-refractivity contribution in [1.82, 2.24) is 10.6 Å². The van der Waals surface area contributed by atoms with E-state index in [2.05, 4.69) is 10.6 Å². The highest BCUT2D eigenvalue weighted by molar-refractivity contribution is 6.35. The van der Waals surface area contributed by atoms with Crippen LogP contribution < -0.4 is 24.8 Å². The van der Waals surface area contributed by atoms with E-state index in [1.165, 1.54) is 0 Å². The SMILES string of the molecule is CCOc1ccc(CNC(=O)C(=O)NCCc2ccc(OC)c(OC)c2)cc1. The van der Waals surface area contributed by atoms with E-state index < -0.39 is 11.8 Å². The minimum absolute atomic E-state index is 0.272. The molecule has 0 saturated heterocycles. The van der Waals surface area contributed by atoms with Crippen molar-refractivity contribution in [2.75, 3.05) is 27.4 Å². The number of ether oxygens (including phenoxy) is 3. The van der Waals surface area contributed by atoms with Gasteiger partial charge in [-0.25, -0.2) is 0 Å². The third-order valence-corrected chi connectivity index (χ3v) is 4.04. The molecule has 0 fully saturated rings. The Morgan fingerprint density at radius 3 is 2.14 bits per heavy atom. The second-order valence-corrected chi connectivity index (χ2v) is 5.95. The molecule has 2 amide bonds. The van der Waals surface area contributed by atoms with E-state index in [0.29, 0.717) is 31.1 Å². The molecule has 0 unspecified atom stereocenters. The standard InChI is InChI=1S/C21H26N2O5/c1-4-28-17-8-5-16(6-9-17)14-23-21(25)20(24)22-12-11-15-7-10-18(26-2)19(13-15)27-3/h5-10,13H,4,11-12,14H2,1-3H3,(H,22,24)(H,23,25). The van der Waals surface area contributed by atoms with Gasteiger partial charge in [-0.2, -0.15) is 0 Å². The number of hydrogen-bond acceptors (Lipinski definition) is 5. The number of methoxy groups -OCH3 is 2. The summed E-state index contributed by atoms with van der Waals surface area (Å²) in [5.41, 5.74) is 1.85. The van der Waals surface area contributed by atoms with Crippen LogP contribution >= 0.6 is 0 Å². The number of carbonyl (C=O) groups excluding carboxylic acids is 2. The van der Waals surface area contributed by atoms with Gasteiger partial charge in [-0.1, -0.05) is 18.2 Å². The van der Waals surface area contributed by atoms with Gasteiger partial charge >= 0.3 is 11.8 Å². The summed E-state index contributed by atoms with van der Waals surface area (Å²) in [6, 6.07) is 12.9. The second-order valence-electron chi connectivity index (χ2n) is 5.95. The normalized spacial score (nSPS) is 10.1. The third kappa shape index (κ3) is 6.19. The predicted octanol–water partition coefficient (Wildman–Crippen LogP) is 2.08. The Balaban J connectivity index is 1.75. The van der Waals surface area contributed by atoms with E-state index in [1.54, 1.807) is 20.3 Å². The van der Waals surface area contributed by atoms with Crippen LogP contribution in [0.1, 0.15) is 18.1 Å². The lowest BCUT2D eigenvalue weighted by Crippen LogP contribution is -2.40. The maximum atomic E-state index is 11.9. The monoisotopic (exact) mass is 386 g/mol. The zero-order valence-corrected chi connectivity index (χ0v) is 16.4. The predicted molar refractivity (Wildman–Crippen MR) is 106 cm³/mol. The molecule has 7 nitrogen and oxygen atoms in total. The van der Waals surface area contributed by atoms with Crippen LogP contribution in [0.4, 0.5) is 0 Å². The molecule has 0 aromatic heterocycles. The number of amides is 2. The summed E-state index contributed by atoms with van der Waals surface area (Å²) in [5, 5.41) is 5.22. The van der Waals surface area contributed by atoms with Gasteiger partial charge in [0.15, 0.2) is 11.5 Å². The highest BCUT2D eigenvalue weighted by Crippen LogP contribution is 2.27. The molecule has 0 bridgehead atoms. The first kappa shape index (κ1) is 21.1. The lowest BCUT2D eigenvalue weighted by Gasteiger charge is -2.10. The summed E-state index contributed by atoms with van der Waals surface area (Å²) in [6.45, 7) is 3.12. The van der Waals surface area contributed by atoms with Gasteiger partial charge in [0.25, 0.3) is 0 Å². The summed E-state index contributed by atoms with van der Waals surface area (Å²) in [6.07, 6.45) is 0.568. The average molecular weight is 386 g/mol. The lowest BCUT2D eigenvalue weighted by molar-refractivity contribution is -0.139. The van der Waals surface area contributed by atoms with Crippen LogP contribution in [0, 0.1) is 0 Å². The smallest absolute Gasteiger partial charge is 0.309 e. The fourth-order valence-corrected chi connectivity index (χ4v) is 2.57. The molecule has 0 radical (unpaired) electrons. The molecule has 2 rings (SSSR count). The van der Waals surface area contributed by atoms with Crippen LogP contribution in [-0.2, 0) is 22.6 Å². The van der Waals surface area contributed by atoms with Crippen molar-refractivity contribution in [3.05, 3.63) is 53.6 Å². The van der Waals surface area contributed by atoms with E-state index in [0.717, 1.165) is 16.9 Å². The Morgan fingerprint density at radius 1 is 0.857 bits per heavy atom. The Hall–Kier alpha value is -3.22. The first-order valence-electron chi connectivity index (χ1n) is 9.06. The molecule has 0 saturated carbocycles. The molecule has 0 aliphatic carbocycles. The molecule has 2 N–H and O–H groups in total. The van der Waals surface area contributed by atoms with Gasteiger partial charge in [0, 0.05) is 13.1 Å². The van der Waals surface area contributed by atoms with Crippen molar-refractivity contribution in [3.8, 4) is 17.2 Å². The number of benzene rings is 2. The van der Waals surface area contributed by atoms with Crippen LogP contribution in [0.25, 0.3) is 0 Å². The van der Waals surface area contributed by atoms with Gasteiger partial charge in [-0.15, -0.1) is 0 Å². The summed E-state index contributed by atoms with van der Waals surface area (Å²) >= 11 is 0. The van der Waals surface area contributed by atoms with Crippen LogP contribution in [0.2, 0.25) is 0 Å². The second kappa shape index (κ2) is 10.8. The zero-order valence-electron chi connectivity index (χ0n) is 16.4. The molecule has 0 heterocycles. The fourth-order valence-electron chi connectivity index (χ4n) is 2.57. The van der Waals surface area contributed by atoms with Gasteiger partial charge < -0.3 is 24.8 Å². The summed E-state index contributed by atoms with van der Waals surface area (Å²) in [5.74, 6) is 0.710. The molecule has 2 aromatic carbocycles. The van der Waals surface area contributed by atoms with E-state index in [1.807, 2.05) is 43.3 Å². The minimum Gasteiger partial charge on any atom is -0.494 e. The molecular weight excluding hydrogens is 360 g/mol. The van der Waals surface area contributed by atoms with E-state index in [9.17, 15) is 9.59 Å². The van der Waals surface area contributed by atoms with E-state index >= 15 is 0 Å². The van der Waals surface area contributed by atoms with Gasteiger partial charge in [0.1, 0.15) is 5.75 Å². The Bertz CT molecular complexity index is 790. The highest BCUT2D eigenvalue weighted by atomic mass is 16.5. The number of rotatable bonds is 9. The first-order valence-corrected chi connectivity index (χ1v) is 9.06. The Morgan fingerprint density at radius 2 is 1.50 bits per heavy atom.